The van der Waals surface area contributed by atoms with Crippen LogP contribution in [0.3, 0.4) is 0 Å². The maximum Gasteiger partial charge on any atom is 0.406 e. The molecule has 0 saturated carbocycles. The van der Waals surface area contributed by atoms with Gasteiger partial charge < -0.3 is 15.3 Å². The molecule has 0 radical (unpaired) electrons. The standard InChI is InChI=1S/C11H19F3N2O2/c12-11(13,14)8-16(5-6-17)10(18)7-9-3-1-2-4-15-9/h9,15,17H,1-8H2. The second kappa shape index (κ2) is 6.94. The van der Waals surface area contributed by atoms with E-state index in [1.54, 1.807) is 0 Å². The van der Waals surface area contributed by atoms with Crippen LogP contribution in [0.25, 0.3) is 0 Å². The van der Waals surface area contributed by atoms with Crippen molar-refractivity contribution in [2.45, 2.75) is 37.9 Å². The molecule has 2 N–H and O–H groups in total. The number of rotatable bonds is 5. The lowest BCUT2D eigenvalue weighted by Gasteiger charge is -2.27. The van der Waals surface area contributed by atoms with E-state index in [0.717, 1.165) is 25.8 Å². The van der Waals surface area contributed by atoms with E-state index < -0.39 is 25.2 Å². The molecule has 0 aromatic heterocycles. The first-order chi connectivity index (χ1) is 8.42. The molecule has 0 spiro atoms. The van der Waals surface area contributed by atoms with E-state index in [2.05, 4.69) is 5.32 Å². The fourth-order valence-electron chi connectivity index (χ4n) is 2.07. The van der Waals surface area contributed by atoms with Crippen molar-refractivity contribution in [3.05, 3.63) is 0 Å². The molecule has 18 heavy (non-hydrogen) atoms. The van der Waals surface area contributed by atoms with Gasteiger partial charge in [-0.2, -0.15) is 13.2 Å². The Morgan fingerprint density at radius 2 is 2.11 bits per heavy atom. The van der Waals surface area contributed by atoms with Crippen molar-refractivity contribution in [2.75, 3.05) is 26.2 Å². The van der Waals surface area contributed by atoms with Gasteiger partial charge in [-0.3, -0.25) is 4.79 Å². The van der Waals surface area contributed by atoms with Crippen molar-refractivity contribution in [1.82, 2.24) is 10.2 Å². The fourth-order valence-corrected chi connectivity index (χ4v) is 2.07. The lowest BCUT2D eigenvalue weighted by atomic mass is 10.0. The van der Waals surface area contributed by atoms with E-state index in [9.17, 15) is 18.0 Å². The lowest BCUT2D eigenvalue weighted by molar-refractivity contribution is -0.162. The number of nitrogens with one attached hydrogen (secondary N) is 1. The van der Waals surface area contributed by atoms with E-state index in [4.69, 9.17) is 5.11 Å². The van der Waals surface area contributed by atoms with Crippen molar-refractivity contribution >= 4 is 5.91 Å². The van der Waals surface area contributed by atoms with E-state index in [-0.39, 0.29) is 19.0 Å². The third-order valence-electron chi connectivity index (χ3n) is 2.93. The highest BCUT2D eigenvalue weighted by Gasteiger charge is 2.33. The second-order valence-electron chi connectivity index (χ2n) is 4.51. The predicted molar refractivity (Wildman–Crippen MR) is 60.0 cm³/mol. The minimum atomic E-state index is -4.43. The van der Waals surface area contributed by atoms with Gasteiger partial charge in [0.2, 0.25) is 5.91 Å². The number of aliphatic hydroxyl groups is 1. The van der Waals surface area contributed by atoms with Crippen molar-refractivity contribution in [2.24, 2.45) is 0 Å². The van der Waals surface area contributed by atoms with Crippen molar-refractivity contribution < 1.29 is 23.1 Å². The zero-order valence-electron chi connectivity index (χ0n) is 10.2. The Bertz CT molecular complexity index is 266. The topological polar surface area (TPSA) is 52.6 Å². The summed E-state index contributed by atoms with van der Waals surface area (Å²) >= 11 is 0. The Morgan fingerprint density at radius 1 is 1.39 bits per heavy atom. The molecule has 4 nitrogen and oxygen atoms in total. The summed E-state index contributed by atoms with van der Waals surface area (Å²) in [4.78, 5) is 12.4. The molecule has 1 aliphatic rings. The first-order valence-corrected chi connectivity index (χ1v) is 6.11. The molecular formula is C11H19F3N2O2. The number of carbonyl (C=O) groups is 1. The number of alkyl halides is 3. The average molecular weight is 268 g/mol. The summed E-state index contributed by atoms with van der Waals surface area (Å²) in [5, 5.41) is 11.8. The molecule has 0 aliphatic carbocycles. The number of amides is 1. The molecule has 0 bridgehead atoms. The minimum absolute atomic E-state index is 0.0410. The molecule has 1 unspecified atom stereocenters. The van der Waals surface area contributed by atoms with Crippen molar-refractivity contribution in [3.63, 3.8) is 0 Å². The molecule has 1 fully saturated rings. The molecule has 0 aromatic carbocycles. The van der Waals surface area contributed by atoms with Gasteiger partial charge in [0.15, 0.2) is 0 Å². The summed E-state index contributed by atoms with van der Waals surface area (Å²) < 4.78 is 36.8. The van der Waals surface area contributed by atoms with E-state index in [1.165, 1.54) is 0 Å². The highest BCUT2D eigenvalue weighted by Crippen LogP contribution is 2.18. The molecule has 1 heterocycles. The molecule has 1 atom stereocenters. The van der Waals surface area contributed by atoms with Crippen LogP contribution < -0.4 is 5.32 Å². The largest absolute Gasteiger partial charge is 0.406 e. The van der Waals surface area contributed by atoms with Crippen LogP contribution in [0.15, 0.2) is 0 Å². The quantitative estimate of drug-likeness (QED) is 0.779. The average Bonchev–Trinajstić information content (AvgIpc) is 2.28. The van der Waals surface area contributed by atoms with Crippen LogP contribution in [0.4, 0.5) is 13.2 Å². The molecule has 0 aromatic rings. The number of aliphatic hydroxyl groups excluding tert-OH is 1. The Labute approximate surface area is 104 Å². The maximum absolute atomic E-state index is 12.3. The summed E-state index contributed by atoms with van der Waals surface area (Å²) in [5.74, 6) is -0.555. The monoisotopic (exact) mass is 268 g/mol. The van der Waals surface area contributed by atoms with Crippen LogP contribution in [0.5, 0.6) is 0 Å². The molecule has 1 rings (SSSR count). The Kier molecular flexibility index (Phi) is 5.87. The summed E-state index contributed by atoms with van der Waals surface area (Å²) in [7, 11) is 0. The van der Waals surface area contributed by atoms with E-state index in [0.29, 0.717) is 4.90 Å². The second-order valence-corrected chi connectivity index (χ2v) is 4.51. The van der Waals surface area contributed by atoms with Crippen LogP contribution in [-0.4, -0.2) is 54.4 Å². The molecular weight excluding hydrogens is 249 g/mol. The molecule has 106 valence electrons. The molecule has 1 amide bonds. The number of carbonyl (C=O) groups excluding carboxylic acids is 1. The van der Waals surface area contributed by atoms with Gasteiger partial charge in [-0.15, -0.1) is 0 Å². The zero-order valence-corrected chi connectivity index (χ0v) is 10.2. The lowest BCUT2D eigenvalue weighted by Crippen LogP contribution is -2.44. The maximum atomic E-state index is 12.3. The summed E-state index contributed by atoms with van der Waals surface area (Å²) in [6.07, 6.45) is -1.52. The Hall–Kier alpha value is -0.820. The van der Waals surface area contributed by atoms with Gasteiger partial charge in [0, 0.05) is 19.0 Å². The first kappa shape index (κ1) is 15.2. The SMILES string of the molecule is O=C(CC1CCCCN1)N(CCO)CC(F)(F)F. The molecule has 1 aliphatic heterocycles. The Morgan fingerprint density at radius 3 is 2.61 bits per heavy atom. The summed E-state index contributed by atoms with van der Waals surface area (Å²) in [6, 6.07) is -0.0410. The molecule has 1 saturated heterocycles. The van der Waals surface area contributed by atoms with Gasteiger partial charge in [-0.05, 0) is 19.4 Å². The van der Waals surface area contributed by atoms with Crippen LogP contribution in [0.2, 0.25) is 0 Å². The zero-order chi connectivity index (χ0) is 13.6. The number of piperidine rings is 1. The van der Waals surface area contributed by atoms with Gasteiger partial charge >= 0.3 is 6.18 Å². The number of hydrogen-bond acceptors (Lipinski definition) is 3. The predicted octanol–water partition coefficient (Wildman–Crippen LogP) is 0.902. The van der Waals surface area contributed by atoms with Crippen LogP contribution in [0, 0.1) is 0 Å². The third-order valence-corrected chi connectivity index (χ3v) is 2.93. The van der Waals surface area contributed by atoms with E-state index in [1.807, 2.05) is 0 Å². The van der Waals surface area contributed by atoms with Crippen LogP contribution >= 0.6 is 0 Å². The normalized spacial score (nSPS) is 20.8. The van der Waals surface area contributed by atoms with Gasteiger partial charge in [0.05, 0.1) is 6.61 Å². The summed E-state index contributed by atoms with van der Waals surface area (Å²) in [6.45, 7) is -1.22. The highest BCUT2D eigenvalue weighted by molar-refractivity contribution is 5.76. The minimum Gasteiger partial charge on any atom is -0.395 e. The van der Waals surface area contributed by atoms with Crippen molar-refractivity contribution in [3.8, 4) is 0 Å². The van der Waals surface area contributed by atoms with Gasteiger partial charge in [0.25, 0.3) is 0 Å². The van der Waals surface area contributed by atoms with Gasteiger partial charge in [-0.1, -0.05) is 6.42 Å². The van der Waals surface area contributed by atoms with Gasteiger partial charge in [-0.25, -0.2) is 0 Å². The third kappa shape index (κ3) is 5.68. The van der Waals surface area contributed by atoms with Gasteiger partial charge in [0.1, 0.15) is 6.54 Å². The van der Waals surface area contributed by atoms with Crippen LogP contribution in [-0.2, 0) is 4.79 Å². The van der Waals surface area contributed by atoms with E-state index >= 15 is 0 Å². The van der Waals surface area contributed by atoms with Crippen molar-refractivity contribution in [1.29, 1.82) is 0 Å². The summed E-state index contributed by atoms with van der Waals surface area (Å²) in [5.41, 5.74) is 0. The van der Waals surface area contributed by atoms with Crippen LogP contribution in [0.1, 0.15) is 25.7 Å². The number of nitrogens with zero attached hydrogens (tertiary/aromatic N) is 1. The number of halogens is 3. The molecule has 7 heteroatoms. The smallest absolute Gasteiger partial charge is 0.395 e. The Balaban J connectivity index is 2.47. The number of hydrogen-bond donors (Lipinski definition) is 2. The first-order valence-electron chi connectivity index (χ1n) is 6.11. The fraction of sp³-hybridized carbons (Fsp3) is 0.909. The highest BCUT2D eigenvalue weighted by atomic mass is 19.4.